The average Bonchev–Trinajstić information content (AvgIpc) is 3.12. The van der Waals surface area contributed by atoms with Crippen molar-refractivity contribution in [1.29, 1.82) is 0 Å². The van der Waals surface area contributed by atoms with Gasteiger partial charge < -0.3 is 19.7 Å². The summed E-state index contributed by atoms with van der Waals surface area (Å²) < 4.78 is 10.6. The number of amides is 2. The molecule has 30 heavy (non-hydrogen) atoms. The summed E-state index contributed by atoms with van der Waals surface area (Å²) in [6.07, 6.45) is -0.945. The highest BCUT2D eigenvalue weighted by molar-refractivity contribution is 6.01. The molecule has 0 saturated carbocycles. The highest BCUT2D eigenvalue weighted by atomic mass is 16.5. The van der Waals surface area contributed by atoms with Crippen LogP contribution >= 0.6 is 0 Å². The summed E-state index contributed by atoms with van der Waals surface area (Å²) in [6, 6.07) is 12.7. The molecular formula is C23H26N2O5. The van der Waals surface area contributed by atoms with Gasteiger partial charge in [0.15, 0.2) is 6.10 Å². The zero-order chi connectivity index (χ0) is 21.8. The minimum absolute atomic E-state index is 0.0626. The second kappa shape index (κ2) is 8.98. The van der Waals surface area contributed by atoms with Crippen LogP contribution in [-0.2, 0) is 19.1 Å². The third-order valence-corrected chi connectivity index (χ3v) is 5.35. The Balaban J connectivity index is 1.62. The number of carbonyl (C=O) groups is 3. The molecule has 3 rings (SSSR count). The van der Waals surface area contributed by atoms with Gasteiger partial charge in [-0.25, -0.2) is 0 Å². The number of nitrogens with zero attached hydrogens (tertiary/aromatic N) is 1. The first-order valence-corrected chi connectivity index (χ1v) is 9.82. The van der Waals surface area contributed by atoms with E-state index in [1.807, 2.05) is 32.0 Å². The molecule has 7 nitrogen and oxygen atoms in total. The Morgan fingerprint density at radius 2 is 1.87 bits per heavy atom. The van der Waals surface area contributed by atoms with Crippen molar-refractivity contribution in [2.45, 2.75) is 33.3 Å². The van der Waals surface area contributed by atoms with Gasteiger partial charge in [-0.2, -0.15) is 0 Å². The quantitative estimate of drug-likeness (QED) is 0.739. The summed E-state index contributed by atoms with van der Waals surface area (Å²) in [5.41, 5.74) is 3.37. The Bertz CT molecular complexity index is 972. The number of hydrogen-bond donors (Lipinski definition) is 1. The molecule has 2 atom stereocenters. The second-order valence-electron chi connectivity index (χ2n) is 7.39. The fraction of sp³-hybridized carbons (Fsp3) is 0.348. The second-order valence-corrected chi connectivity index (χ2v) is 7.39. The molecule has 1 N–H and O–H groups in total. The third-order valence-electron chi connectivity index (χ3n) is 5.35. The van der Waals surface area contributed by atoms with Gasteiger partial charge in [0.25, 0.3) is 5.91 Å². The number of ether oxygens (including phenoxy) is 2. The fourth-order valence-electron chi connectivity index (χ4n) is 3.43. The number of benzene rings is 2. The number of carbonyl (C=O) groups excluding carboxylic acids is 3. The van der Waals surface area contributed by atoms with Gasteiger partial charge in [0.05, 0.1) is 18.7 Å². The number of methoxy groups -OCH3 is 1. The number of rotatable bonds is 6. The highest BCUT2D eigenvalue weighted by Crippen LogP contribution is 2.30. The maximum absolute atomic E-state index is 12.6. The lowest BCUT2D eigenvalue weighted by Crippen LogP contribution is -2.33. The summed E-state index contributed by atoms with van der Waals surface area (Å²) >= 11 is 0. The van der Waals surface area contributed by atoms with Crippen molar-refractivity contribution in [1.82, 2.24) is 0 Å². The molecule has 2 aromatic rings. The molecule has 0 unspecified atom stereocenters. The van der Waals surface area contributed by atoms with E-state index in [0.717, 1.165) is 16.8 Å². The van der Waals surface area contributed by atoms with E-state index in [4.69, 9.17) is 9.47 Å². The normalized spacial score (nSPS) is 16.9. The van der Waals surface area contributed by atoms with Crippen LogP contribution in [0.2, 0.25) is 0 Å². The number of para-hydroxylation sites is 2. The standard InChI is InChI=1S/C23H26N2O5/c1-14-8-7-10-19(15(14)2)25-13-17(12-21(25)26)23(28)30-16(3)22(27)24-18-9-5-6-11-20(18)29-4/h5-11,16-17H,12-13H2,1-4H3,(H,24,27)/t16-,17+/m0/s1. The number of esters is 1. The summed E-state index contributed by atoms with van der Waals surface area (Å²) in [4.78, 5) is 39.2. The summed E-state index contributed by atoms with van der Waals surface area (Å²) in [5.74, 6) is -1.26. The molecule has 7 heteroatoms. The van der Waals surface area contributed by atoms with E-state index in [0.29, 0.717) is 11.4 Å². The largest absolute Gasteiger partial charge is 0.495 e. The third kappa shape index (κ3) is 4.45. The molecule has 1 aliphatic rings. The van der Waals surface area contributed by atoms with E-state index in [1.54, 1.807) is 29.2 Å². The van der Waals surface area contributed by atoms with Crippen molar-refractivity contribution in [2.24, 2.45) is 5.92 Å². The zero-order valence-electron chi connectivity index (χ0n) is 17.6. The van der Waals surface area contributed by atoms with Gasteiger partial charge in [-0.05, 0) is 50.1 Å². The van der Waals surface area contributed by atoms with Crippen LogP contribution in [0.3, 0.4) is 0 Å². The number of hydrogen-bond acceptors (Lipinski definition) is 5. The van der Waals surface area contributed by atoms with Gasteiger partial charge >= 0.3 is 5.97 Å². The summed E-state index contributed by atoms with van der Waals surface area (Å²) in [7, 11) is 1.51. The Morgan fingerprint density at radius 3 is 2.60 bits per heavy atom. The van der Waals surface area contributed by atoms with E-state index >= 15 is 0 Å². The van der Waals surface area contributed by atoms with Gasteiger partial charge in [0, 0.05) is 18.7 Å². The average molecular weight is 410 g/mol. The number of aryl methyl sites for hydroxylation is 1. The summed E-state index contributed by atoms with van der Waals surface area (Å²) in [5, 5.41) is 2.70. The van der Waals surface area contributed by atoms with Crippen LogP contribution in [0, 0.1) is 19.8 Å². The van der Waals surface area contributed by atoms with Gasteiger partial charge in [-0.1, -0.05) is 24.3 Å². The van der Waals surface area contributed by atoms with Crippen molar-refractivity contribution in [3.05, 3.63) is 53.6 Å². The van der Waals surface area contributed by atoms with Gasteiger partial charge in [0.1, 0.15) is 5.75 Å². The van der Waals surface area contributed by atoms with Crippen molar-refractivity contribution >= 4 is 29.2 Å². The molecule has 0 spiro atoms. The molecule has 158 valence electrons. The minimum atomic E-state index is -1.01. The first kappa shape index (κ1) is 21.4. The maximum Gasteiger partial charge on any atom is 0.312 e. The van der Waals surface area contributed by atoms with Crippen LogP contribution < -0.4 is 15.0 Å². The Kier molecular flexibility index (Phi) is 6.40. The molecule has 1 aliphatic heterocycles. The molecule has 1 saturated heterocycles. The Labute approximate surface area is 176 Å². The lowest BCUT2D eigenvalue weighted by atomic mass is 10.1. The predicted octanol–water partition coefficient (Wildman–Crippen LogP) is 3.24. The van der Waals surface area contributed by atoms with Crippen molar-refractivity contribution in [3.8, 4) is 5.75 Å². The SMILES string of the molecule is COc1ccccc1NC(=O)[C@H](C)OC(=O)[C@@H]1CC(=O)N(c2cccc(C)c2C)C1. The van der Waals surface area contributed by atoms with Crippen LogP contribution in [0.15, 0.2) is 42.5 Å². The minimum Gasteiger partial charge on any atom is -0.495 e. The molecule has 2 amide bonds. The number of anilines is 2. The van der Waals surface area contributed by atoms with Gasteiger partial charge in [-0.15, -0.1) is 0 Å². The van der Waals surface area contributed by atoms with Crippen LogP contribution in [0.5, 0.6) is 5.75 Å². The molecular weight excluding hydrogens is 384 g/mol. The predicted molar refractivity (Wildman–Crippen MR) is 114 cm³/mol. The van der Waals surface area contributed by atoms with Gasteiger partial charge in [0.2, 0.25) is 5.91 Å². The molecule has 0 aliphatic carbocycles. The van der Waals surface area contributed by atoms with Crippen molar-refractivity contribution in [2.75, 3.05) is 23.9 Å². The van der Waals surface area contributed by atoms with Crippen LogP contribution in [-0.4, -0.2) is 37.5 Å². The molecule has 0 bridgehead atoms. The smallest absolute Gasteiger partial charge is 0.312 e. The Morgan fingerprint density at radius 1 is 1.13 bits per heavy atom. The van der Waals surface area contributed by atoms with Crippen molar-refractivity contribution in [3.63, 3.8) is 0 Å². The van der Waals surface area contributed by atoms with E-state index in [9.17, 15) is 14.4 Å². The van der Waals surface area contributed by atoms with E-state index < -0.39 is 23.9 Å². The Hall–Kier alpha value is -3.35. The molecule has 2 aromatic carbocycles. The molecule has 1 fully saturated rings. The van der Waals surface area contributed by atoms with Crippen LogP contribution in [0.1, 0.15) is 24.5 Å². The maximum atomic E-state index is 12.6. The fourth-order valence-corrected chi connectivity index (χ4v) is 3.43. The number of nitrogens with one attached hydrogen (secondary N) is 1. The van der Waals surface area contributed by atoms with Crippen molar-refractivity contribution < 1.29 is 23.9 Å². The lowest BCUT2D eigenvalue weighted by molar-refractivity contribution is -0.157. The molecule has 0 aromatic heterocycles. The highest BCUT2D eigenvalue weighted by Gasteiger charge is 2.38. The zero-order valence-corrected chi connectivity index (χ0v) is 17.6. The monoisotopic (exact) mass is 410 g/mol. The van der Waals surface area contributed by atoms with Crippen LogP contribution in [0.4, 0.5) is 11.4 Å². The molecule has 0 radical (unpaired) electrons. The van der Waals surface area contributed by atoms with Crippen LogP contribution in [0.25, 0.3) is 0 Å². The lowest BCUT2D eigenvalue weighted by Gasteiger charge is -2.20. The van der Waals surface area contributed by atoms with E-state index in [-0.39, 0.29) is 18.9 Å². The first-order valence-electron chi connectivity index (χ1n) is 9.82. The van der Waals surface area contributed by atoms with E-state index in [2.05, 4.69) is 5.32 Å². The first-order chi connectivity index (χ1) is 14.3. The molecule has 1 heterocycles. The topological polar surface area (TPSA) is 84.9 Å². The van der Waals surface area contributed by atoms with Gasteiger partial charge in [-0.3, -0.25) is 14.4 Å². The van der Waals surface area contributed by atoms with E-state index in [1.165, 1.54) is 14.0 Å². The summed E-state index contributed by atoms with van der Waals surface area (Å²) in [6.45, 7) is 5.67.